The lowest BCUT2D eigenvalue weighted by Gasteiger charge is -2.21. The molecule has 1 aliphatic rings. The van der Waals surface area contributed by atoms with E-state index in [1.54, 1.807) is 6.20 Å². The van der Waals surface area contributed by atoms with Crippen LogP contribution in [0.15, 0.2) is 12.3 Å². The number of anilines is 1. The SMILES string of the molecule is CCNc1cc(C)ncc1C(=O)NCCC1CCCCC1. The molecule has 1 amide bonds. The summed E-state index contributed by atoms with van der Waals surface area (Å²) in [5.41, 5.74) is 2.44. The maximum Gasteiger partial charge on any atom is 0.254 e. The van der Waals surface area contributed by atoms with Gasteiger partial charge in [-0.05, 0) is 32.3 Å². The molecule has 0 spiro atoms. The van der Waals surface area contributed by atoms with E-state index in [0.29, 0.717) is 5.56 Å². The van der Waals surface area contributed by atoms with Crippen molar-refractivity contribution in [2.45, 2.75) is 52.4 Å². The summed E-state index contributed by atoms with van der Waals surface area (Å²) in [4.78, 5) is 16.5. The third-order valence-corrected chi connectivity index (χ3v) is 4.22. The van der Waals surface area contributed by atoms with Gasteiger partial charge in [0.15, 0.2) is 0 Å². The van der Waals surface area contributed by atoms with Crippen LogP contribution in [0.1, 0.15) is 61.5 Å². The number of amides is 1. The molecule has 0 aromatic carbocycles. The van der Waals surface area contributed by atoms with Gasteiger partial charge in [0.2, 0.25) is 0 Å². The summed E-state index contributed by atoms with van der Waals surface area (Å²) in [6, 6.07) is 1.93. The number of nitrogens with zero attached hydrogens (tertiary/aromatic N) is 1. The Labute approximate surface area is 127 Å². The fourth-order valence-corrected chi connectivity index (χ4v) is 3.04. The molecule has 1 aromatic heterocycles. The minimum Gasteiger partial charge on any atom is -0.385 e. The zero-order valence-electron chi connectivity index (χ0n) is 13.2. The summed E-state index contributed by atoms with van der Waals surface area (Å²) in [5.74, 6) is 0.776. The van der Waals surface area contributed by atoms with Crippen molar-refractivity contribution < 1.29 is 4.79 Å². The van der Waals surface area contributed by atoms with Gasteiger partial charge in [0, 0.05) is 25.0 Å². The minimum atomic E-state index is -0.0192. The third-order valence-electron chi connectivity index (χ3n) is 4.22. The second-order valence-corrected chi connectivity index (χ2v) is 5.95. The predicted octanol–water partition coefficient (Wildman–Crippen LogP) is 3.52. The summed E-state index contributed by atoms with van der Waals surface area (Å²) >= 11 is 0. The van der Waals surface area contributed by atoms with Crippen LogP contribution >= 0.6 is 0 Å². The molecule has 0 radical (unpaired) electrons. The summed E-state index contributed by atoms with van der Waals surface area (Å²) in [6.45, 7) is 5.53. The molecular formula is C17H27N3O. The Morgan fingerprint density at radius 1 is 1.33 bits per heavy atom. The molecule has 21 heavy (non-hydrogen) atoms. The minimum absolute atomic E-state index is 0.0192. The normalized spacial score (nSPS) is 15.7. The Balaban J connectivity index is 1.87. The molecule has 4 nitrogen and oxygen atoms in total. The van der Waals surface area contributed by atoms with Crippen LogP contribution in [-0.2, 0) is 0 Å². The summed E-state index contributed by atoms with van der Waals surface area (Å²) in [5, 5.41) is 6.28. The van der Waals surface area contributed by atoms with E-state index in [1.807, 2.05) is 19.9 Å². The molecule has 1 heterocycles. The number of nitrogens with one attached hydrogen (secondary N) is 2. The Morgan fingerprint density at radius 2 is 2.10 bits per heavy atom. The van der Waals surface area contributed by atoms with Crippen molar-refractivity contribution in [2.75, 3.05) is 18.4 Å². The molecule has 1 aliphatic carbocycles. The quantitative estimate of drug-likeness (QED) is 0.842. The van der Waals surface area contributed by atoms with Crippen molar-refractivity contribution in [1.29, 1.82) is 0 Å². The largest absolute Gasteiger partial charge is 0.385 e. The Hall–Kier alpha value is -1.58. The molecule has 0 saturated heterocycles. The van der Waals surface area contributed by atoms with Crippen LogP contribution in [0.3, 0.4) is 0 Å². The third kappa shape index (κ3) is 4.73. The molecule has 116 valence electrons. The highest BCUT2D eigenvalue weighted by atomic mass is 16.1. The summed E-state index contributed by atoms with van der Waals surface area (Å²) < 4.78 is 0. The Bertz CT molecular complexity index is 467. The van der Waals surface area contributed by atoms with Crippen LogP contribution in [0.4, 0.5) is 5.69 Å². The molecule has 0 bridgehead atoms. The van der Waals surface area contributed by atoms with Crippen molar-refractivity contribution in [3.8, 4) is 0 Å². The first-order chi connectivity index (χ1) is 10.2. The first kappa shape index (κ1) is 15.8. The molecule has 1 saturated carbocycles. The number of aromatic nitrogens is 1. The van der Waals surface area contributed by atoms with Crippen LogP contribution in [-0.4, -0.2) is 24.0 Å². The number of hydrogen-bond acceptors (Lipinski definition) is 3. The van der Waals surface area contributed by atoms with E-state index in [0.717, 1.165) is 36.8 Å². The van der Waals surface area contributed by atoms with Crippen LogP contribution in [0.25, 0.3) is 0 Å². The number of pyridine rings is 1. The number of hydrogen-bond donors (Lipinski definition) is 2. The fraction of sp³-hybridized carbons (Fsp3) is 0.647. The van der Waals surface area contributed by atoms with Gasteiger partial charge in [-0.1, -0.05) is 32.1 Å². The molecule has 0 atom stereocenters. The smallest absolute Gasteiger partial charge is 0.254 e. The Morgan fingerprint density at radius 3 is 2.81 bits per heavy atom. The van der Waals surface area contributed by atoms with Crippen LogP contribution < -0.4 is 10.6 Å². The van der Waals surface area contributed by atoms with Gasteiger partial charge in [-0.15, -0.1) is 0 Å². The van der Waals surface area contributed by atoms with E-state index in [1.165, 1.54) is 32.1 Å². The van der Waals surface area contributed by atoms with E-state index >= 15 is 0 Å². The first-order valence-electron chi connectivity index (χ1n) is 8.19. The van der Waals surface area contributed by atoms with Gasteiger partial charge in [0.05, 0.1) is 11.3 Å². The van der Waals surface area contributed by atoms with E-state index in [-0.39, 0.29) is 5.91 Å². The van der Waals surface area contributed by atoms with E-state index in [9.17, 15) is 4.79 Å². The topological polar surface area (TPSA) is 54.0 Å². The molecule has 1 aromatic rings. The second-order valence-electron chi connectivity index (χ2n) is 5.95. The lowest BCUT2D eigenvalue weighted by molar-refractivity contribution is 0.0951. The number of aryl methyl sites for hydroxylation is 1. The molecular weight excluding hydrogens is 262 g/mol. The summed E-state index contributed by atoms with van der Waals surface area (Å²) in [7, 11) is 0. The van der Waals surface area contributed by atoms with Crippen molar-refractivity contribution >= 4 is 11.6 Å². The standard InChI is InChI=1S/C17H27N3O/c1-3-18-16-11-13(2)20-12-15(16)17(21)19-10-9-14-7-5-4-6-8-14/h11-12,14H,3-10H2,1-2H3,(H,18,20)(H,19,21). The van der Waals surface area contributed by atoms with Crippen molar-refractivity contribution in [2.24, 2.45) is 5.92 Å². The zero-order chi connectivity index (χ0) is 15.1. The van der Waals surface area contributed by atoms with Gasteiger partial charge in [-0.3, -0.25) is 9.78 Å². The monoisotopic (exact) mass is 289 g/mol. The van der Waals surface area contributed by atoms with E-state index < -0.39 is 0 Å². The van der Waals surface area contributed by atoms with Gasteiger partial charge >= 0.3 is 0 Å². The number of carbonyl (C=O) groups excluding carboxylic acids is 1. The van der Waals surface area contributed by atoms with Crippen molar-refractivity contribution in [3.63, 3.8) is 0 Å². The van der Waals surface area contributed by atoms with Crippen LogP contribution in [0, 0.1) is 12.8 Å². The highest BCUT2D eigenvalue weighted by molar-refractivity contribution is 5.99. The first-order valence-corrected chi connectivity index (χ1v) is 8.19. The number of carbonyl (C=O) groups is 1. The van der Waals surface area contributed by atoms with Crippen molar-refractivity contribution in [3.05, 3.63) is 23.5 Å². The maximum atomic E-state index is 12.3. The van der Waals surface area contributed by atoms with Gasteiger partial charge in [-0.25, -0.2) is 0 Å². The highest BCUT2D eigenvalue weighted by Crippen LogP contribution is 2.25. The lowest BCUT2D eigenvalue weighted by Crippen LogP contribution is -2.27. The van der Waals surface area contributed by atoms with Crippen molar-refractivity contribution in [1.82, 2.24) is 10.3 Å². The Kier molecular flexibility index (Phi) is 6.03. The predicted molar refractivity (Wildman–Crippen MR) is 86.7 cm³/mol. The summed E-state index contributed by atoms with van der Waals surface area (Å²) in [6.07, 6.45) is 9.50. The molecule has 1 fully saturated rings. The van der Waals surface area contributed by atoms with Gasteiger partial charge in [-0.2, -0.15) is 0 Å². The molecule has 0 aliphatic heterocycles. The molecule has 2 N–H and O–H groups in total. The maximum absolute atomic E-state index is 12.3. The van der Waals surface area contributed by atoms with Crippen LogP contribution in [0.2, 0.25) is 0 Å². The van der Waals surface area contributed by atoms with E-state index in [2.05, 4.69) is 15.6 Å². The number of rotatable bonds is 6. The highest BCUT2D eigenvalue weighted by Gasteiger charge is 2.15. The molecule has 0 unspecified atom stereocenters. The van der Waals surface area contributed by atoms with E-state index in [4.69, 9.17) is 0 Å². The van der Waals surface area contributed by atoms with Crippen LogP contribution in [0.5, 0.6) is 0 Å². The zero-order valence-corrected chi connectivity index (χ0v) is 13.2. The fourth-order valence-electron chi connectivity index (χ4n) is 3.04. The average Bonchev–Trinajstić information content (AvgIpc) is 2.49. The molecule has 4 heteroatoms. The second kappa shape index (κ2) is 8.01. The van der Waals surface area contributed by atoms with Gasteiger partial charge < -0.3 is 10.6 Å². The van der Waals surface area contributed by atoms with Gasteiger partial charge in [0.25, 0.3) is 5.91 Å². The molecule has 2 rings (SSSR count). The average molecular weight is 289 g/mol. The lowest BCUT2D eigenvalue weighted by atomic mass is 9.87. The van der Waals surface area contributed by atoms with Gasteiger partial charge in [0.1, 0.15) is 0 Å².